The molecule has 0 spiro atoms. The molecule has 3 N–H and O–H groups in total. The van der Waals surface area contributed by atoms with Crippen LogP contribution in [0.15, 0.2) is 6.07 Å². The predicted molar refractivity (Wildman–Crippen MR) is 61.1 cm³/mol. The van der Waals surface area contributed by atoms with Crippen molar-refractivity contribution in [3.05, 3.63) is 26.6 Å². The Labute approximate surface area is 104 Å². The van der Waals surface area contributed by atoms with Gasteiger partial charge in [0.1, 0.15) is 0 Å². The van der Waals surface area contributed by atoms with Gasteiger partial charge in [0, 0.05) is 10.1 Å². The van der Waals surface area contributed by atoms with Gasteiger partial charge < -0.3 is 10.8 Å². The Balaban J connectivity index is 3.20. The number of halogens is 3. The lowest BCUT2D eigenvalue weighted by molar-refractivity contribution is -0.136. The smallest absolute Gasteiger partial charge is 0.309 e. The first-order valence-corrected chi connectivity index (χ1v) is 5.41. The van der Waals surface area contributed by atoms with E-state index in [1.165, 1.54) is 6.07 Å². The van der Waals surface area contributed by atoms with Gasteiger partial charge in [-0.3, -0.25) is 9.78 Å². The number of hydrogen-bond acceptors (Lipinski definition) is 3. The van der Waals surface area contributed by atoms with Crippen molar-refractivity contribution in [3.8, 4) is 0 Å². The van der Waals surface area contributed by atoms with E-state index < -0.39 is 12.4 Å². The van der Waals surface area contributed by atoms with Crippen LogP contribution in [0.25, 0.3) is 0 Å². The lowest BCUT2D eigenvalue weighted by Gasteiger charge is -2.10. The van der Waals surface area contributed by atoms with Gasteiger partial charge in [0.2, 0.25) is 0 Å². The van der Waals surface area contributed by atoms with Crippen molar-refractivity contribution in [2.45, 2.75) is 19.4 Å². The topological polar surface area (TPSA) is 76.2 Å². The van der Waals surface area contributed by atoms with E-state index in [4.69, 9.17) is 10.8 Å². The fraction of sp³-hybridized carbons (Fsp3) is 0.333. The average Bonchev–Trinajstić information content (AvgIpc) is 2.14. The quantitative estimate of drug-likeness (QED) is 0.817. The van der Waals surface area contributed by atoms with Crippen molar-refractivity contribution in [2.24, 2.45) is 5.73 Å². The van der Waals surface area contributed by atoms with Crippen molar-refractivity contribution in [3.63, 3.8) is 0 Å². The number of aromatic nitrogens is 1. The van der Waals surface area contributed by atoms with E-state index >= 15 is 0 Å². The van der Waals surface area contributed by atoms with Crippen LogP contribution >= 0.6 is 22.6 Å². The van der Waals surface area contributed by atoms with E-state index in [9.17, 15) is 13.6 Å². The number of carboxylic acid groups (broad SMARTS) is 1. The molecule has 1 aromatic rings. The third kappa shape index (κ3) is 3.08. The minimum Gasteiger partial charge on any atom is -0.481 e. The number of nitrogens with zero attached hydrogens (tertiary/aromatic N) is 1. The van der Waals surface area contributed by atoms with Crippen LogP contribution in [0, 0.1) is 3.57 Å². The summed E-state index contributed by atoms with van der Waals surface area (Å²) in [6.07, 6.45) is -2.95. The number of pyridine rings is 1. The second kappa shape index (κ2) is 5.48. The molecule has 4 nitrogen and oxygen atoms in total. The van der Waals surface area contributed by atoms with Crippen LogP contribution in [0.2, 0.25) is 0 Å². The fourth-order valence-corrected chi connectivity index (χ4v) is 2.17. The third-order valence-electron chi connectivity index (χ3n) is 1.88. The SMILES string of the molecule is NCc1nc(CC(=O)O)cc(I)c1C(F)F. The van der Waals surface area contributed by atoms with Gasteiger partial charge in [-0.2, -0.15) is 0 Å². The number of nitrogens with two attached hydrogens (primary N) is 1. The summed E-state index contributed by atoms with van der Waals surface area (Å²) in [6, 6.07) is 1.34. The van der Waals surface area contributed by atoms with Gasteiger partial charge in [0.15, 0.2) is 0 Å². The first-order chi connectivity index (χ1) is 7.45. The molecule has 0 amide bonds. The Morgan fingerprint density at radius 2 is 2.25 bits per heavy atom. The van der Waals surface area contributed by atoms with Gasteiger partial charge in [-0.15, -0.1) is 0 Å². The summed E-state index contributed by atoms with van der Waals surface area (Å²) in [6.45, 7) is -0.136. The Morgan fingerprint density at radius 1 is 1.62 bits per heavy atom. The monoisotopic (exact) mass is 342 g/mol. The first-order valence-electron chi connectivity index (χ1n) is 4.34. The molecule has 0 aromatic carbocycles. The molecule has 1 aromatic heterocycles. The van der Waals surface area contributed by atoms with E-state index in [1.807, 2.05) is 0 Å². The van der Waals surface area contributed by atoms with Gasteiger partial charge in [-0.25, -0.2) is 8.78 Å². The number of hydrogen-bond donors (Lipinski definition) is 2. The van der Waals surface area contributed by atoms with E-state index in [0.717, 1.165) is 0 Å². The predicted octanol–water partition coefficient (Wildman–Crippen LogP) is 1.71. The standard InChI is InChI=1S/C9H9F2IN2O2/c10-9(11)8-5(12)1-4(2-7(15)16)14-6(8)3-13/h1,9H,2-3,13H2,(H,15,16). The van der Waals surface area contributed by atoms with Crippen molar-refractivity contribution < 1.29 is 18.7 Å². The summed E-state index contributed by atoms with van der Waals surface area (Å²) in [7, 11) is 0. The Bertz CT molecular complexity index is 413. The van der Waals surface area contributed by atoms with Gasteiger partial charge in [-0.1, -0.05) is 0 Å². The van der Waals surface area contributed by atoms with Crippen LogP contribution < -0.4 is 5.73 Å². The Kier molecular flexibility index (Phi) is 4.54. The van der Waals surface area contributed by atoms with E-state index in [0.29, 0.717) is 3.57 Å². The molecule has 0 radical (unpaired) electrons. The molecule has 0 atom stereocenters. The minimum atomic E-state index is -2.66. The van der Waals surface area contributed by atoms with Gasteiger partial charge in [-0.05, 0) is 28.7 Å². The van der Waals surface area contributed by atoms with Crippen molar-refractivity contribution in [1.82, 2.24) is 4.98 Å². The maximum atomic E-state index is 12.7. The lowest BCUT2D eigenvalue weighted by atomic mass is 10.1. The molecule has 16 heavy (non-hydrogen) atoms. The summed E-state index contributed by atoms with van der Waals surface area (Å²) < 4.78 is 25.6. The molecular formula is C9H9F2IN2O2. The molecule has 7 heteroatoms. The molecular weight excluding hydrogens is 333 g/mol. The highest BCUT2D eigenvalue weighted by molar-refractivity contribution is 14.1. The molecule has 1 heterocycles. The van der Waals surface area contributed by atoms with Crippen molar-refractivity contribution in [2.75, 3.05) is 0 Å². The van der Waals surface area contributed by atoms with Gasteiger partial charge in [0.05, 0.1) is 23.4 Å². The second-order valence-electron chi connectivity index (χ2n) is 3.03. The highest BCUT2D eigenvalue weighted by Gasteiger charge is 2.19. The highest BCUT2D eigenvalue weighted by atomic mass is 127. The number of carboxylic acids is 1. The average molecular weight is 342 g/mol. The van der Waals surface area contributed by atoms with Crippen LogP contribution in [0.3, 0.4) is 0 Å². The molecule has 0 saturated carbocycles. The van der Waals surface area contributed by atoms with Crippen molar-refractivity contribution in [1.29, 1.82) is 0 Å². The van der Waals surface area contributed by atoms with E-state index in [2.05, 4.69) is 4.98 Å². The molecule has 1 rings (SSSR count). The van der Waals surface area contributed by atoms with Crippen LogP contribution in [-0.4, -0.2) is 16.1 Å². The highest BCUT2D eigenvalue weighted by Crippen LogP contribution is 2.27. The number of rotatable bonds is 4. The zero-order valence-electron chi connectivity index (χ0n) is 8.08. The number of alkyl halides is 2. The molecule has 0 bridgehead atoms. The maximum Gasteiger partial charge on any atom is 0.309 e. The summed E-state index contributed by atoms with van der Waals surface area (Å²) in [5, 5.41) is 8.58. The third-order valence-corrected chi connectivity index (χ3v) is 2.78. The summed E-state index contributed by atoms with van der Waals surface area (Å²) in [5.41, 5.74) is 5.39. The van der Waals surface area contributed by atoms with Crippen LogP contribution in [0.1, 0.15) is 23.4 Å². The molecule has 0 aliphatic heterocycles. The number of aliphatic carboxylic acids is 1. The van der Waals surface area contributed by atoms with E-state index in [-0.39, 0.29) is 29.9 Å². The Morgan fingerprint density at radius 3 is 2.69 bits per heavy atom. The fourth-order valence-electron chi connectivity index (χ4n) is 1.26. The molecule has 0 saturated heterocycles. The van der Waals surface area contributed by atoms with Crippen LogP contribution in [0.5, 0.6) is 0 Å². The van der Waals surface area contributed by atoms with Crippen molar-refractivity contribution >= 4 is 28.6 Å². The zero-order chi connectivity index (χ0) is 12.3. The summed E-state index contributed by atoms with van der Waals surface area (Å²) in [5.74, 6) is -1.06. The van der Waals surface area contributed by atoms with Crippen LogP contribution in [0.4, 0.5) is 8.78 Å². The normalized spacial score (nSPS) is 10.8. The summed E-state index contributed by atoms with van der Waals surface area (Å²) >= 11 is 1.73. The minimum absolute atomic E-state index is 0.0538. The first kappa shape index (κ1) is 13.2. The second-order valence-corrected chi connectivity index (χ2v) is 4.19. The number of carbonyl (C=O) groups is 1. The lowest BCUT2D eigenvalue weighted by Crippen LogP contribution is -2.11. The maximum absolute atomic E-state index is 12.7. The molecule has 88 valence electrons. The largest absolute Gasteiger partial charge is 0.481 e. The molecule has 0 fully saturated rings. The van der Waals surface area contributed by atoms with E-state index in [1.54, 1.807) is 22.6 Å². The Hall–Kier alpha value is -0.830. The summed E-state index contributed by atoms with van der Waals surface area (Å²) in [4.78, 5) is 14.3. The zero-order valence-corrected chi connectivity index (χ0v) is 10.2. The molecule has 0 unspecified atom stereocenters. The molecule has 0 aliphatic rings. The van der Waals surface area contributed by atoms with Gasteiger partial charge in [0.25, 0.3) is 6.43 Å². The molecule has 0 aliphatic carbocycles. The van der Waals surface area contributed by atoms with Crippen LogP contribution in [-0.2, 0) is 17.8 Å². The van der Waals surface area contributed by atoms with Gasteiger partial charge >= 0.3 is 5.97 Å².